The second-order valence-corrected chi connectivity index (χ2v) is 5.83. The van der Waals surface area contributed by atoms with Crippen molar-refractivity contribution in [2.45, 2.75) is 25.7 Å². The van der Waals surface area contributed by atoms with E-state index in [0.717, 1.165) is 31.1 Å². The van der Waals surface area contributed by atoms with Gasteiger partial charge in [0.05, 0.1) is 0 Å². The second-order valence-electron chi connectivity index (χ2n) is 5.43. The van der Waals surface area contributed by atoms with E-state index < -0.39 is 0 Å². The lowest BCUT2D eigenvalue weighted by atomic mass is 9.67. The van der Waals surface area contributed by atoms with Crippen molar-refractivity contribution in [3.63, 3.8) is 0 Å². The fraction of sp³-hybridized carbons (Fsp3) is 0.600. The van der Waals surface area contributed by atoms with Crippen molar-refractivity contribution in [1.82, 2.24) is 5.32 Å². The number of halogens is 1. The highest BCUT2D eigenvalue weighted by atomic mass is 35.5. The van der Waals surface area contributed by atoms with E-state index in [0.29, 0.717) is 5.92 Å². The highest BCUT2D eigenvalue weighted by Gasteiger charge is 2.37. The van der Waals surface area contributed by atoms with Gasteiger partial charge in [-0.05, 0) is 36.4 Å². The Morgan fingerprint density at radius 1 is 1.44 bits per heavy atom. The average molecular weight is 268 g/mol. The molecule has 0 spiro atoms. The number of hydrogen-bond donors (Lipinski definition) is 1. The van der Waals surface area contributed by atoms with Crippen LogP contribution in [-0.2, 0) is 4.74 Å². The molecule has 2 nitrogen and oxygen atoms in total. The third-order valence-corrected chi connectivity index (χ3v) is 4.56. The molecule has 1 N–H and O–H groups in total. The largest absolute Gasteiger partial charge is 0.385 e. The second kappa shape index (κ2) is 6.05. The summed E-state index contributed by atoms with van der Waals surface area (Å²) in [7, 11) is 1.77. The number of benzene rings is 1. The highest BCUT2D eigenvalue weighted by Crippen LogP contribution is 2.45. The minimum absolute atomic E-state index is 0.270. The fourth-order valence-corrected chi connectivity index (χ4v) is 3.19. The number of hydrogen-bond acceptors (Lipinski definition) is 2. The van der Waals surface area contributed by atoms with Gasteiger partial charge in [-0.2, -0.15) is 0 Å². The molecule has 100 valence electrons. The van der Waals surface area contributed by atoms with Crippen LogP contribution in [0.1, 0.15) is 31.2 Å². The molecule has 1 aliphatic rings. The van der Waals surface area contributed by atoms with Crippen LogP contribution in [0.15, 0.2) is 24.3 Å². The average Bonchev–Trinajstić information content (AvgIpc) is 2.38. The summed E-state index contributed by atoms with van der Waals surface area (Å²) in [6, 6.07) is 8.22. The monoisotopic (exact) mass is 267 g/mol. The molecule has 3 heteroatoms. The highest BCUT2D eigenvalue weighted by molar-refractivity contribution is 6.31. The minimum atomic E-state index is 0.270. The molecule has 1 aromatic rings. The molecule has 1 aromatic carbocycles. The van der Waals surface area contributed by atoms with Gasteiger partial charge in [0.2, 0.25) is 0 Å². The lowest BCUT2D eigenvalue weighted by molar-refractivity contribution is 0.104. The summed E-state index contributed by atoms with van der Waals surface area (Å²) < 4.78 is 5.27. The van der Waals surface area contributed by atoms with Gasteiger partial charge in [0.1, 0.15) is 0 Å². The number of rotatable bonds is 4. The zero-order chi connectivity index (χ0) is 13.0. The van der Waals surface area contributed by atoms with E-state index in [9.17, 15) is 0 Å². The molecule has 0 amide bonds. The van der Waals surface area contributed by atoms with Gasteiger partial charge in [0, 0.05) is 31.2 Å². The number of nitrogens with one attached hydrogen (secondary N) is 1. The Balaban J connectivity index is 2.25. The first-order valence-corrected chi connectivity index (χ1v) is 6.99. The van der Waals surface area contributed by atoms with Gasteiger partial charge < -0.3 is 10.1 Å². The molecule has 2 unspecified atom stereocenters. The summed E-state index contributed by atoms with van der Waals surface area (Å²) >= 11 is 6.36. The summed E-state index contributed by atoms with van der Waals surface area (Å²) in [5, 5.41) is 4.38. The predicted octanol–water partition coefficient (Wildman–Crippen LogP) is 3.46. The minimum Gasteiger partial charge on any atom is -0.385 e. The smallest absolute Gasteiger partial charge is 0.0467 e. The molecule has 2 rings (SSSR count). The Labute approximate surface area is 115 Å². The van der Waals surface area contributed by atoms with Crippen LogP contribution in [-0.4, -0.2) is 26.8 Å². The number of ether oxygens (including phenoxy) is 1. The van der Waals surface area contributed by atoms with E-state index in [2.05, 4.69) is 24.4 Å². The Hall–Kier alpha value is -0.570. The van der Waals surface area contributed by atoms with E-state index in [4.69, 9.17) is 16.3 Å². The van der Waals surface area contributed by atoms with Gasteiger partial charge in [0.15, 0.2) is 0 Å². The maximum Gasteiger partial charge on any atom is 0.0467 e. The first-order chi connectivity index (χ1) is 8.67. The van der Waals surface area contributed by atoms with Crippen molar-refractivity contribution in [2.75, 3.05) is 26.8 Å². The van der Waals surface area contributed by atoms with Crippen molar-refractivity contribution in [3.8, 4) is 0 Å². The number of piperidine rings is 1. The first kappa shape index (κ1) is 13.9. The zero-order valence-electron chi connectivity index (χ0n) is 11.2. The first-order valence-electron chi connectivity index (χ1n) is 6.61. The number of methoxy groups -OCH3 is 1. The lowest BCUT2D eigenvalue weighted by Gasteiger charge is -2.42. The van der Waals surface area contributed by atoms with E-state index in [-0.39, 0.29) is 5.41 Å². The zero-order valence-corrected chi connectivity index (χ0v) is 12.0. The molecule has 1 aliphatic heterocycles. The summed E-state index contributed by atoms with van der Waals surface area (Å²) in [6.45, 7) is 5.27. The van der Waals surface area contributed by atoms with Crippen molar-refractivity contribution in [1.29, 1.82) is 0 Å². The van der Waals surface area contributed by atoms with Crippen LogP contribution >= 0.6 is 11.6 Å². The molecule has 0 bridgehead atoms. The quantitative estimate of drug-likeness (QED) is 0.902. The fourth-order valence-electron chi connectivity index (χ4n) is 2.92. The molecule has 2 atom stereocenters. The Morgan fingerprint density at radius 3 is 2.94 bits per heavy atom. The molecular weight excluding hydrogens is 246 g/mol. The van der Waals surface area contributed by atoms with Crippen LogP contribution in [0.25, 0.3) is 0 Å². The molecule has 0 saturated carbocycles. The summed E-state index contributed by atoms with van der Waals surface area (Å²) in [6.07, 6.45) is 2.26. The normalized spacial score (nSPS) is 28.3. The van der Waals surface area contributed by atoms with Gasteiger partial charge in [0.25, 0.3) is 0 Å². The molecular formula is C15H22ClNO. The standard InChI is InChI=1S/C15H22ClNO/c1-15(8-10-18-2)7-9-17-11-13(15)12-5-3-4-6-14(12)16/h3-6,13,17H,7-11H2,1-2H3. The van der Waals surface area contributed by atoms with Gasteiger partial charge >= 0.3 is 0 Å². The van der Waals surface area contributed by atoms with Gasteiger partial charge in [-0.15, -0.1) is 0 Å². The summed E-state index contributed by atoms with van der Waals surface area (Å²) in [4.78, 5) is 0. The van der Waals surface area contributed by atoms with E-state index in [1.54, 1.807) is 7.11 Å². The Kier molecular flexibility index (Phi) is 4.66. The van der Waals surface area contributed by atoms with Crippen molar-refractivity contribution in [2.24, 2.45) is 5.41 Å². The molecule has 18 heavy (non-hydrogen) atoms. The molecule has 1 heterocycles. The molecule has 0 radical (unpaired) electrons. The van der Waals surface area contributed by atoms with E-state index >= 15 is 0 Å². The third kappa shape index (κ3) is 2.87. The van der Waals surface area contributed by atoms with Crippen LogP contribution in [0.5, 0.6) is 0 Å². The van der Waals surface area contributed by atoms with Gasteiger partial charge in [-0.3, -0.25) is 0 Å². The van der Waals surface area contributed by atoms with Crippen molar-refractivity contribution >= 4 is 11.6 Å². The molecule has 0 aromatic heterocycles. The topological polar surface area (TPSA) is 21.3 Å². The molecule has 0 aliphatic carbocycles. The van der Waals surface area contributed by atoms with Crippen molar-refractivity contribution in [3.05, 3.63) is 34.9 Å². The van der Waals surface area contributed by atoms with Crippen LogP contribution < -0.4 is 5.32 Å². The molecule has 1 saturated heterocycles. The lowest BCUT2D eigenvalue weighted by Crippen LogP contribution is -2.42. The third-order valence-electron chi connectivity index (χ3n) is 4.22. The van der Waals surface area contributed by atoms with E-state index in [1.807, 2.05) is 12.1 Å². The predicted molar refractivity (Wildman–Crippen MR) is 76.3 cm³/mol. The van der Waals surface area contributed by atoms with Crippen LogP contribution in [0, 0.1) is 5.41 Å². The molecule has 1 fully saturated rings. The maximum absolute atomic E-state index is 6.36. The Bertz CT molecular complexity index is 396. The van der Waals surface area contributed by atoms with Gasteiger partial charge in [-0.1, -0.05) is 36.7 Å². The van der Waals surface area contributed by atoms with Gasteiger partial charge in [-0.25, -0.2) is 0 Å². The van der Waals surface area contributed by atoms with Crippen LogP contribution in [0.3, 0.4) is 0 Å². The summed E-state index contributed by atoms with van der Waals surface area (Å²) in [5.41, 5.74) is 1.54. The van der Waals surface area contributed by atoms with Crippen LogP contribution in [0.2, 0.25) is 5.02 Å². The SMILES string of the molecule is COCCC1(C)CCNCC1c1ccccc1Cl. The summed E-state index contributed by atoms with van der Waals surface area (Å²) in [5.74, 6) is 0.468. The van der Waals surface area contributed by atoms with E-state index in [1.165, 1.54) is 12.0 Å². The maximum atomic E-state index is 6.36. The van der Waals surface area contributed by atoms with Crippen molar-refractivity contribution < 1.29 is 4.74 Å². The van der Waals surface area contributed by atoms with Crippen LogP contribution in [0.4, 0.5) is 0 Å². The Morgan fingerprint density at radius 2 is 2.22 bits per heavy atom.